The van der Waals surface area contributed by atoms with Crippen LogP contribution in [0.1, 0.15) is 22.8 Å². The van der Waals surface area contributed by atoms with Crippen LogP contribution in [0, 0.1) is 6.92 Å². The second-order valence-electron chi connectivity index (χ2n) is 5.46. The molecule has 5 heteroatoms. The highest BCUT2D eigenvalue weighted by atomic mass is 79.9. The van der Waals surface area contributed by atoms with Crippen molar-refractivity contribution in [3.8, 4) is 0 Å². The molecule has 0 aliphatic rings. The second kappa shape index (κ2) is 6.34. The maximum absolute atomic E-state index is 12.5. The normalized spacial score (nSPS) is 14.3. The molecule has 22 heavy (non-hydrogen) atoms. The monoisotopic (exact) mass is 380 g/mol. The Kier molecular flexibility index (Phi) is 4.87. The SMILES string of the molecule is Cc1ccc(S(=O)(=O)CC(C)(Br)C(=O)c2ccccc2)cc1. The van der Waals surface area contributed by atoms with Gasteiger partial charge in [-0.2, -0.15) is 0 Å². The summed E-state index contributed by atoms with van der Waals surface area (Å²) in [5.74, 6) is -0.541. The third kappa shape index (κ3) is 3.84. The van der Waals surface area contributed by atoms with Crippen molar-refractivity contribution in [2.45, 2.75) is 23.1 Å². The molecule has 0 aliphatic carbocycles. The molecule has 2 aromatic carbocycles. The summed E-state index contributed by atoms with van der Waals surface area (Å²) in [6, 6.07) is 15.3. The third-order valence-corrected chi connectivity index (χ3v) is 6.31. The van der Waals surface area contributed by atoms with Crippen molar-refractivity contribution >= 4 is 31.6 Å². The fourth-order valence-corrected chi connectivity index (χ4v) is 4.84. The molecular weight excluding hydrogens is 364 g/mol. The molecule has 3 nitrogen and oxygen atoms in total. The Balaban J connectivity index is 2.27. The van der Waals surface area contributed by atoms with Crippen LogP contribution in [0.15, 0.2) is 59.5 Å². The number of carbonyl (C=O) groups is 1. The molecule has 0 aromatic heterocycles. The topological polar surface area (TPSA) is 51.2 Å². The molecule has 0 radical (unpaired) electrons. The van der Waals surface area contributed by atoms with Gasteiger partial charge in [0.25, 0.3) is 0 Å². The van der Waals surface area contributed by atoms with Crippen molar-refractivity contribution in [1.82, 2.24) is 0 Å². The minimum atomic E-state index is -3.56. The Morgan fingerprint density at radius 3 is 2.14 bits per heavy atom. The zero-order chi connectivity index (χ0) is 16.4. The average Bonchev–Trinajstić information content (AvgIpc) is 2.46. The molecule has 0 heterocycles. The number of aryl methyl sites for hydroxylation is 1. The zero-order valence-corrected chi connectivity index (χ0v) is 14.8. The van der Waals surface area contributed by atoms with Crippen LogP contribution in [0.5, 0.6) is 0 Å². The van der Waals surface area contributed by atoms with Crippen molar-refractivity contribution in [3.05, 3.63) is 65.7 Å². The van der Waals surface area contributed by atoms with Gasteiger partial charge in [-0.15, -0.1) is 0 Å². The predicted octanol–water partition coefficient (Wildman–Crippen LogP) is 3.81. The molecule has 0 spiro atoms. The summed E-state index contributed by atoms with van der Waals surface area (Å²) < 4.78 is 23.9. The van der Waals surface area contributed by atoms with E-state index in [1.165, 1.54) is 0 Å². The summed E-state index contributed by atoms with van der Waals surface area (Å²) in [5, 5.41) is 0. The van der Waals surface area contributed by atoms with Gasteiger partial charge in [0, 0.05) is 5.56 Å². The third-order valence-electron chi connectivity index (χ3n) is 3.35. The van der Waals surface area contributed by atoms with Gasteiger partial charge >= 0.3 is 0 Å². The van der Waals surface area contributed by atoms with Crippen LogP contribution in [0.25, 0.3) is 0 Å². The Morgan fingerprint density at radius 2 is 1.59 bits per heavy atom. The maximum Gasteiger partial charge on any atom is 0.180 e. The van der Waals surface area contributed by atoms with Crippen LogP contribution in [-0.2, 0) is 9.84 Å². The van der Waals surface area contributed by atoms with E-state index < -0.39 is 14.2 Å². The van der Waals surface area contributed by atoms with E-state index in [0.29, 0.717) is 5.56 Å². The molecule has 116 valence electrons. The standard InChI is InChI=1S/C17H17BrO3S/c1-13-8-10-15(11-9-13)22(20,21)12-17(2,18)16(19)14-6-4-3-5-7-14/h3-11H,12H2,1-2H3. The number of hydrogen-bond donors (Lipinski definition) is 0. The van der Waals surface area contributed by atoms with Gasteiger partial charge in [-0.1, -0.05) is 64.0 Å². The number of halogens is 1. The van der Waals surface area contributed by atoms with Crippen LogP contribution in [0.4, 0.5) is 0 Å². The first-order valence-corrected chi connectivity index (χ1v) is 9.25. The molecule has 0 N–H and O–H groups in total. The first-order chi connectivity index (χ1) is 10.2. The van der Waals surface area contributed by atoms with Crippen LogP contribution >= 0.6 is 15.9 Å². The molecule has 0 amide bonds. The number of sulfone groups is 1. The Morgan fingerprint density at radius 1 is 1.05 bits per heavy atom. The molecule has 0 saturated heterocycles. The summed E-state index contributed by atoms with van der Waals surface area (Å²) in [7, 11) is -3.56. The maximum atomic E-state index is 12.5. The van der Waals surface area contributed by atoms with Gasteiger partial charge in [0.2, 0.25) is 0 Å². The van der Waals surface area contributed by atoms with E-state index in [1.54, 1.807) is 55.5 Å². The summed E-state index contributed by atoms with van der Waals surface area (Å²) >= 11 is 3.30. The van der Waals surface area contributed by atoms with E-state index in [9.17, 15) is 13.2 Å². The number of carbonyl (C=O) groups excluding carboxylic acids is 1. The number of hydrogen-bond acceptors (Lipinski definition) is 3. The molecule has 2 aromatic rings. The lowest BCUT2D eigenvalue weighted by Crippen LogP contribution is -2.36. The number of Topliss-reactive ketones (excluding diaryl/α,β-unsaturated/α-hetero) is 1. The summed E-state index contributed by atoms with van der Waals surface area (Å²) in [6.45, 7) is 3.48. The lowest BCUT2D eigenvalue weighted by Gasteiger charge is -2.21. The quantitative estimate of drug-likeness (QED) is 0.585. The van der Waals surface area contributed by atoms with E-state index in [4.69, 9.17) is 0 Å². The highest BCUT2D eigenvalue weighted by Crippen LogP contribution is 2.28. The molecule has 0 bridgehead atoms. The Labute approximate surface area is 139 Å². The van der Waals surface area contributed by atoms with Crippen LogP contribution in [0.2, 0.25) is 0 Å². The first-order valence-electron chi connectivity index (χ1n) is 6.80. The lowest BCUT2D eigenvalue weighted by molar-refractivity contribution is 0.0962. The second-order valence-corrected chi connectivity index (χ2v) is 9.20. The molecule has 0 saturated carbocycles. The van der Waals surface area contributed by atoms with Gasteiger partial charge in [-0.05, 0) is 26.0 Å². The average molecular weight is 381 g/mol. The predicted molar refractivity (Wildman–Crippen MR) is 91.3 cm³/mol. The van der Waals surface area contributed by atoms with Gasteiger partial charge in [0.15, 0.2) is 15.6 Å². The van der Waals surface area contributed by atoms with Gasteiger partial charge in [0.1, 0.15) is 4.32 Å². The Bertz CT molecular complexity index is 763. The molecule has 0 fully saturated rings. The lowest BCUT2D eigenvalue weighted by atomic mass is 10.0. The highest BCUT2D eigenvalue weighted by Gasteiger charge is 2.36. The van der Waals surface area contributed by atoms with Gasteiger partial charge < -0.3 is 0 Å². The number of alkyl halides is 1. The van der Waals surface area contributed by atoms with Crippen LogP contribution < -0.4 is 0 Å². The number of benzene rings is 2. The number of ketones is 1. The van der Waals surface area contributed by atoms with E-state index in [2.05, 4.69) is 15.9 Å². The molecule has 1 unspecified atom stereocenters. The van der Waals surface area contributed by atoms with Crippen molar-refractivity contribution in [3.63, 3.8) is 0 Å². The van der Waals surface area contributed by atoms with E-state index in [1.807, 2.05) is 13.0 Å². The smallest absolute Gasteiger partial charge is 0.180 e. The molecule has 2 rings (SSSR count). The Hall–Kier alpha value is -1.46. The van der Waals surface area contributed by atoms with E-state index in [0.717, 1.165) is 5.56 Å². The highest BCUT2D eigenvalue weighted by molar-refractivity contribution is 9.10. The number of rotatable bonds is 5. The van der Waals surface area contributed by atoms with Gasteiger partial charge in [-0.25, -0.2) is 8.42 Å². The first kappa shape index (κ1) is 16.9. The fourth-order valence-electron chi connectivity index (χ4n) is 2.14. The van der Waals surface area contributed by atoms with Crippen molar-refractivity contribution < 1.29 is 13.2 Å². The summed E-state index contributed by atoms with van der Waals surface area (Å²) in [5.41, 5.74) is 1.47. The summed E-state index contributed by atoms with van der Waals surface area (Å²) in [4.78, 5) is 12.7. The minimum absolute atomic E-state index is 0.227. The van der Waals surface area contributed by atoms with Crippen LogP contribution in [0.3, 0.4) is 0 Å². The molecule has 0 aliphatic heterocycles. The van der Waals surface area contributed by atoms with Gasteiger partial charge in [-0.3, -0.25) is 4.79 Å². The summed E-state index contributed by atoms with van der Waals surface area (Å²) in [6.07, 6.45) is 0. The molecular formula is C17H17BrO3S. The zero-order valence-electron chi connectivity index (χ0n) is 12.4. The minimum Gasteiger partial charge on any atom is -0.293 e. The van der Waals surface area contributed by atoms with Gasteiger partial charge in [0.05, 0.1) is 10.6 Å². The van der Waals surface area contributed by atoms with Crippen LogP contribution in [-0.4, -0.2) is 24.3 Å². The van der Waals surface area contributed by atoms with E-state index >= 15 is 0 Å². The van der Waals surface area contributed by atoms with Crippen molar-refractivity contribution in [2.24, 2.45) is 0 Å². The fraction of sp³-hybridized carbons (Fsp3) is 0.235. The van der Waals surface area contributed by atoms with Crippen molar-refractivity contribution in [2.75, 3.05) is 5.75 Å². The molecule has 1 atom stereocenters. The van der Waals surface area contributed by atoms with Crippen molar-refractivity contribution in [1.29, 1.82) is 0 Å². The van der Waals surface area contributed by atoms with E-state index in [-0.39, 0.29) is 16.4 Å². The largest absolute Gasteiger partial charge is 0.293 e.